The zero-order chi connectivity index (χ0) is 14.7. The second kappa shape index (κ2) is 6.82. The van der Waals surface area contributed by atoms with Gasteiger partial charge in [0.05, 0.1) is 0 Å². The fourth-order valence-electron chi connectivity index (χ4n) is 3.58. The van der Waals surface area contributed by atoms with Crippen LogP contribution < -0.4 is 10.6 Å². The standard InChI is InChI=1S/C17H30N4/c1-13-11-21(15-8-9-15)12-16(13)20-17(18-2)19-10-14-6-4-3-5-7-14/h3-4,13-16H,5-12H2,1-2H3,(H2,18,19,20). The Bertz CT molecular complexity index is 400. The van der Waals surface area contributed by atoms with Crippen LogP contribution in [0.2, 0.25) is 0 Å². The Morgan fingerprint density at radius 1 is 1.24 bits per heavy atom. The number of hydrogen-bond acceptors (Lipinski definition) is 2. The molecule has 21 heavy (non-hydrogen) atoms. The van der Waals surface area contributed by atoms with Crippen LogP contribution in [0, 0.1) is 11.8 Å². The number of rotatable bonds is 4. The number of hydrogen-bond donors (Lipinski definition) is 2. The molecule has 2 aliphatic carbocycles. The van der Waals surface area contributed by atoms with Gasteiger partial charge < -0.3 is 10.6 Å². The second-order valence-electron chi connectivity index (χ2n) is 7.02. The van der Waals surface area contributed by atoms with E-state index >= 15 is 0 Å². The van der Waals surface area contributed by atoms with Gasteiger partial charge in [-0.15, -0.1) is 0 Å². The molecule has 1 aliphatic heterocycles. The lowest BCUT2D eigenvalue weighted by Crippen LogP contribution is -2.47. The van der Waals surface area contributed by atoms with Gasteiger partial charge in [-0.25, -0.2) is 0 Å². The smallest absolute Gasteiger partial charge is 0.191 e. The Morgan fingerprint density at radius 2 is 2.10 bits per heavy atom. The van der Waals surface area contributed by atoms with Crippen molar-refractivity contribution in [3.05, 3.63) is 12.2 Å². The first kappa shape index (κ1) is 14.9. The summed E-state index contributed by atoms with van der Waals surface area (Å²) in [6.07, 6.45) is 11.2. The van der Waals surface area contributed by atoms with E-state index in [1.54, 1.807) is 0 Å². The van der Waals surface area contributed by atoms with Crippen molar-refractivity contribution in [1.82, 2.24) is 15.5 Å². The molecule has 0 amide bonds. The van der Waals surface area contributed by atoms with E-state index in [1.165, 1.54) is 45.2 Å². The minimum atomic E-state index is 0.544. The SMILES string of the molecule is CN=C(NCC1CC=CCC1)NC1CN(C2CC2)CC1C. The molecule has 0 aromatic heterocycles. The van der Waals surface area contributed by atoms with E-state index < -0.39 is 0 Å². The molecule has 1 heterocycles. The first-order valence-corrected chi connectivity index (χ1v) is 8.62. The molecule has 4 heteroatoms. The summed E-state index contributed by atoms with van der Waals surface area (Å²) in [5, 5.41) is 7.18. The monoisotopic (exact) mass is 290 g/mol. The molecule has 2 fully saturated rings. The van der Waals surface area contributed by atoms with Gasteiger partial charge >= 0.3 is 0 Å². The highest BCUT2D eigenvalue weighted by Crippen LogP contribution is 2.31. The van der Waals surface area contributed by atoms with Crippen molar-refractivity contribution in [3.8, 4) is 0 Å². The van der Waals surface area contributed by atoms with E-state index in [2.05, 4.69) is 39.6 Å². The van der Waals surface area contributed by atoms with Crippen molar-refractivity contribution in [3.63, 3.8) is 0 Å². The van der Waals surface area contributed by atoms with Crippen molar-refractivity contribution in [2.75, 3.05) is 26.7 Å². The number of nitrogens with one attached hydrogen (secondary N) is 2. The number of likely N-dealkylation sites (tertiary alicyclic amines) is 1. The van der Waals surface area contributed by atoms with Crippen LogP contribution in [0.5, 0.6) is 0 Å². The maximum Gasteiger partial charge on any atom is 0.191 e. The maximum absolute atomic E-state index is 4.41. The van der Waals surface area contributed by atoms with Gasteiger partial charge in [-0.05, 0) is 43.9 Å². The van der Waals surface area contributed by atoms with Crippen LogP contribution in [0.1, 0.15) is 39.0 Å². The Hall–Kier alpha value is -1.03. The zero-order valence-electron chi connectivity index (χ0n) is 13.5. The highest BCUT2D eigenvalue weighted by molar-refractivity contribution is 5.80. The summed E-state index contributed by atoms with van der Waals surface area (Å²) >= 11 is 0. The molecule has 0 aromatic rings. The third-order valence-electron chi connectivity index (χ3n) is 5.19. The van der Waals surface area contributed by atoms with Gasteiger partial charge in [0.1, 0.15) is 0 Å². The van der Waals surface area contributed by atoms with Crippen molar-refractivity contribution >= 4 is 5.96 Å². The summed E-state index contributed by atoms with van der Waals surface area (Å²) in [6, 6.07) is 1.42. The average Bonchev–Trinajstić information content (AvgIpc) is 3.29. The molecule has 1 saturated carbocycles. The fourth-order valence-corrected chi connectivity index (χ4v) is 3.58. The molecule has 2 N–H and O–H groups in total. The topological polar surface area (TPSA) is 39.7 Å². The minimum absolute atomic E-state index is 0.544. The van der Waals surface area contributed by atoms with Crippen molar-refractivity contribution < 1.29 is 0 Å². The summed E-state index contributed by atoms with van der Waals surface area (Å²) < 4.78 is 0. The van der Waals surface area contributed by atoms with Crippen molar-refractivity contribution in [2.24, 2.45) is 16.8 Å². The van der Waals surface area contributed by atoms with E-state index in [1.807, 2.05) is 7.05 Å². The van der Waals surface area contributed by atoms with Gasteiger partial charge in [0.2, 0.25) is 0 Å². The molecular formula is C17H30N4. The lowest BCUT2D eigenvalue weighted by atomic mass is 9.94. The second-order valence-corrected chi connectivity index (χ2v) is 7.02. The third kappa shape index (κ3) is 4.00. The number of allylic oxidation sites excluding steroid dienone is 2. The molecule has 0 radical (unpaired) electrons. The Kier molecular flexibility index (Phi) is 4.84. The van der Waals surface area contributed by atoms with Crippen LogP contribution in [0.25, 0.3) is 0 Å². The first-order valence-electron chi connectivity index (χ1n) is 8.62. The highest BCUT2D eigenvalue weighted by Gasteiger charge is 2.38. The Morgan fingerprint density at radius 3 is 2.76 bits per heavy atom. The molecule has 0 aromatic carbocycles. The normalized spacial score (nSPS) is 34.2. The third-order valence-corrected chi connectivity index (χ3v) is 5.19. The van der Waals surface area contributed by atoms with Crippen molar-refractivity contribution in [2.45, 2.75) is 51.1 Å². The molecule has 0 spiro atoms. The molecule has 3 aliphatic rings. The van der Waals surface area contributed by atoms with Gasteiger partial charge in [0.15, 0.2) is 5.96 Å². The number of guanidine groups is 1. The lowest BCUT2D eigenvalue weighted by Gasteiger charge is -2.23. The minimum Gasteiger partial charge on any atom is -0.356 e. The van der Waals surface area contributed by atoms with E-state index in [0.717, 1.165) is 24.5 Å². The van der Waals surface area contributed by atoms with E-state index in [0.29, 0.717) is 12.0 Å². The van der Waals surface area contributed by atoms with E-state index in [-0.39, 0.29) is 0 Å². The predicted molar refractivity (Wildman–Crippen MR) is 88.5 cm³/mol. The zero-order valence-corrected chi connectivity index (χ0v) is 13.5. The van der Waals surface area contributed by atoms with Crippen LogP contribution in [0.4, 0.5) is 0 Å². The first-order chi connectivity index (χ1) is 10.3. The molecule has 4 nitrogen and oxygen atoms in total. The molecule has 118 valence electrons. The molecule has 0 bridgehead atoms. The number of aliphatic imine (C=N–C) groups is 1. The van der Waals surface area contributed by atoms with E-state index in [9.17, 15) is 0 Å². The molecule has 3 rings (SSSR count). The van der Waals surface area contributed by atoms with Crippen LogP contribution >= 0.6 is 0 Å². The predicted octanol–water partition coefficient (Wildman–Crippen LogP) is 1.99. The van der Waals surface area contributed by atoms with Gasteiger partial charge in [-0.2, -0.15) is 0 Å². The maximum atomic E-state index is 4.41. The Labute approximate surface area is 129 Å². The molecule has 3 unspecified atom stereocenters. The molecule has 1 saturated heterocycles. The average molecular weight is 290 g/mol. The molecular weight excluding hydrogens is 260 g/mol. The summed E-state index contributed by atoms with van der Waals surface area (Å²) in [5.74, 6) is 2.46. The van der Waals surface area contributed by atoms with Crippen molar-refractivity contribution in [1.29, 1.82) is 0 Å². The summed E-state index contributed by atoms with van der Waals surface area (Å²) in [7, 11) is 1.88. The lowest BCUT2D eigenvalue weighted by molar-refractivity contribution is 0.315. The summed E-state index contributed by atoms with van der Waals surface area (Å²) in [6.45, 7) is 5.82. The van der Waals surface area contributed by atoms with Gasteiger partial charge in [0.25, 0.3) is 0 Å². The summed E-state index contributed by atoms with van der Waals surface area (Å²) in [5.41, 5.74) is 0. The quantitative estimate of drug-likeness (QED) is 0.472. The van der Waals surface area contributed by atoms with Crippen LogP contribution in [-0.2, 0) is 0 Å². The van der Waals surface area contributed by atoms with Crippen LogP contribution in [0.15, 0.2) is 17.1 Å². The highest BCUT2D eigenvalue weighted by atomic mass is 15.3. The molecule has 3 atom stereocenters. The largest absolute Gasteiger partial charge is 0.356 e. The van der Waals surface area contributed by atoms with E-state index in [4.69, 9.17) is 0 Å². The van der Waals surface area contributed by atoms with Gasteiger partial charge in [0, 0.05) is 38.8 Å². The van der Waals surface area contributed by atoms with Gasteiger partial charge in [-0.1, -0.05) is 19.1 Å². The summed E-state index contributed by atoms with van der Waals surface area (Å²) in [4.78, 5) is 7.07. The van der Waals surface area contributed by atoms with Gasteiger partial charge in [-0.3, -0.25) is 9.89 Å². The fraction of sp³-hybridized carbons (Fsp3) is 0.824. The number of nitrogens with zero attached hydrogens (tertiary/aromatic N) is 2. The van der Waals surface area contributed by atoms with Crippen LogP contribution in [0.3, 0.4) is 0 Å². The Balaban J connectivity index is 1.44. The van der Waals surface area contributed by atoms with Crippen LogP contribution in [-0.4, -0.2) is 49.6 Å².